The second kappa shape index (κ2) is 8.25. The Morgan fingerprint density at radius 3 is 2.14 bits per heavy atom. The van der Waals surface area contributed by atoms with Crippen LogP contribution in [0.1, 0.15) is 53.4 Å². The van der Waals surface area contributed by atoms with Crippen molar-refractivity contribution in [2.24, 2.45) is 11.7 Å². The number of unbranched alkanes of at least 4 members (excludes halogenated alkanes) is 3. The maximum Gasteiger partial charge on any atom is 0.0745 e. The van der Waals surface area contributed by atoms with Gasteiger partial charge in [0.15, 0.2) is 0 Å². The number of ether oxygens (including phenoxy) is 1. The molecule has 0 bridgehead atoms. The second-order valence-electron chi connectivity index (χ2n) is 4.50. The molecule has 14 heavy (non-hydrogen) atoms. The summed E-state index contributed by atoms with van der Waals surface area (Å²) in [7, 11) is 0. The van der Waals surface area contributed by atoms with Crippen molar-refractivity contribution in [3.63, 3.8) is 0 Å². The van der Waals surface area contributed by atoms with E-state index in [1.54, 1.807) is 0 Å². The van der Waals surface area contributed by atoms with Gasteiger partial charge in [0, 0.05) is 12.6 Å². The van der Waals surface area contributed by atoms with Crippen molar-refractivity contribution in [1.29, 1.82) is 0 Å². The first kappa shape index (κ1) is 13.9. The first-order chi connectivity index (χ1) is 6.59. The molecule has 0 rings (SSSR count). The van der Waals surface area contributed by atoms with Gasteiger partial charge in [-0.3, -0.25) is 0 Å². The summed E-state index contributed by atoms with van der Waals surface area (Å²) in [4.78, 5) is 0. The molecule has 2 atom stereocenters. The van der Waals surface area contributed by atoms with E-state index in [1.807, 2.05) is 6.92 Å². The fourth-order valence-electron chi connectivity index (χ4n) is 1.70. The summed E-state index contributed by atoms with van der Waals surface area (Å²) in [5, 5.41) is 0. The molecule has 0 amide bonds. The predicted octanol–water partition coefficient (Wildman–Crippen LogP) is 2.96. The van der Waals surface area contributed by atoms with Crippen LogP contribution in [-0.2, 0) is 4.74 Å². The van der Waals surface area contributed by atoms with E-state index in [4.69, 9.17) is 10.5 Å². The number of nitrogens with two attached hydrogens (primary N) is 1. The SMILES string of the molecule is CCCCCCOC(C(C)C)C(C)N. The first-order valence-electron chi connectivity index (χ1n) is 5.96. The minimum Gasteiger partial charge on any atom is -0.376 e. The van der Waals surface area contributed by atoms with E-state index in [9.17, 15) is 0 Å². The average molecular weight is 201 g/mol. The van der Waals surface area contributed by atoms with Crippen molar-refractivity contribution >= 4 is 0 Å². The van der Waals surface area contributed by atoms with Gasteiger partial charge in [0.25, 0.3) is 0 Å². The maximum absolute atomic E-state index is 5.85. The zero-order valence-electron chi connectivity index (χ0n) is 10.3. The Bertz CT molecular complexity index is 115. The molecular formula is C12H27NO. The molecule has 0 radical (unpaired) electrons. The molecule has 0 fully saturated rings. The van der Waals surface area contributed by atoms with E-state index >= 15 is 0 Å². The Labute approximate surface area is 89.2 Å². The molecule has 0 spiro atoms. The van der Waals surface area contributed by atoms with Crippen LogP contribution in [0.15, 0.2) is 0 Å². The van der Waals surface area contributed by atoms with E-state index in [0.29, 0.717) is 5.92 Å². The molecule has 0 aliphatic heterocycles. The molecular weight excluding hydrogens is 174 g/mol. The van der Waals surface area contributed by atoms with Gasteiger partial charge in [0.05, 0.1) is 6.10 Å². The first-order valence-corrected chi connectivity index (χ1v) is 5.96. The Balaban J connectivity index is 3.52. The molecule has 0 heterocycles. The zero-order chi connectivity index (χ0) is 11.0. The molecule has 0 aromatic rings. The summed E-state index contributed by atoms with van der Waals surface area (Å²) < 4.78 is 5.79. The third kappa shape index (κ3) is 6.39. The molecule has 0 aromatic carbocycles. The predicted molar refractivity (Wildman–Crippen MR) is 62.4 cm³/mol. The van der Waals surface area contributed by atoms with E-state index in [1.165, 1.54) is 25.7 Å². The van der Waals surface area contributed by atoms with Crippen LogP contribution in [0.25, 0.3) is 0 Å². The molecule has 86 valence electrons. The quantitative estimate of drug-likeness (QED) is 0.613. The van der Waals surface area contributed by atoms with Gasteiger partial charge >= 0.3 is 0 Å². The fraction of sp³-hybridized carbons (Fsp3) is 1.00. The van der Waals surface area contributed by atoms with Crippen LogP contribution < -0.4 is 5.73 Å². The highest BCUT2D eigenvalue weighted by Gasteiger charge is 2.17. The molecule has 0 aliphatic rings. The van der Waals surface area contributed by atoms with Crippen molar-refractivity contribution < 1.29 is 4.74 Å². The second-order valence-corrected chi connectivity index (χ2v) is 4.50. The summed E-state index contributed by atoms with van der Waals surface area (Å²) in [6.45, 7) is 9.45. The summed E-state index contributed by atoms with van der Waals surface area (Å²) in [5.41, 5.74) is 5.85. The van der Waals surface area contributed by atoms with Crippen molar-refractivity contribution in [3.8, 4) is 0 Å². The topological polar surface area (TPSA) is 35.2 Å². The largest absolute Gasteiger partial charge is 0.376 e. The van der Waals surface area contributed by atoms with Gasteiger partial charge in [-0.25, -0.2) is 0 Å². The van der Waals surface area contributed by atoms with E-state index in [-0.39, 0.29) is 12.1 Å². The lowest BCUT2D eigenvalue weighted by atomic mass is 10.0. The van der Waals surface area contributed by atoms with Crippen LogP contribution in [0.5, 0.6) is 0 Å². The minimum atomic E-state index is 0.140. The third-order valence-corrected chi connectivity index (χ3v) is 2.48. The number of hydrogen-bond acceptors (Lipinski definition) is 2. The molecule has 2 heteroatoms. The third-order valence-electron chi connectivity index (χ3n) is 2.48. The normalized spacial score (nSPS) is 15.9. The molecule has 2 nitrogen and oxygen atoms in total. The highest BCUT2D eigenvalue weighted by molar-refractivity contribution is 4.71. The lowest BCUT2D eigenvalue weighted by Gasteiger charge is -2.25. The Hall–Kier alpha value is -0.0800. The Morgan fingerprint density at radius 2 is 1.71 bits per heavy atom. The van der Waals surface area contributed by atoms with Gasteiger partial charge in [0.2, 0.25) is 0 Å². The van der Waals surface area contributed by atoms with Crippen molar-refractivity contribution in [1.82, 2.24) is 0 Å². The van der Waals surface area contributed by atoms with Crippen molar-refractivity contribution in [3.05, 3.63) is 0 Å². The molecule has 0 saturated heterocycles. The van der Waals surface area contributed by atoms with E-state index in [0.717, 1.165) is 6.61 Å². The smallest absolute Gasteiger partial charge is 0.0745 e. The van der Waals surface area contributed by atoms with Gasteiger partial charge < -0.3 is 10.5 Å². The molecule has 0 saturated carbocycles. The molecule has 0 aromatic heterocycles. The van der Waals surface area contributed by atoms with Crippen LogP contribution in [0.4, 0.5) is 0 Å². The van der Waals surface area contributed by atoms with Gasteiger partial charge in [-0.1, -0.05) is 40.0 Å². The maximum atomic E-state index is 5.85. The summed E-state index contributed by atoms with van der Waals surface area (Å²) in [5.74, 6) is 0.515. The van der Waals surface area contributed by atoms with Crippen LogP contribution in [0.3, 0.4) is 0 Å². The highest BCUT2D eigenvalue weighted by atomic mass is 16.5. The Kier molecular flexibility index (Phi) is 8.20. The van der Waals surface area contributed by atoms with Gasteiger partial charge in [0.1, 0.15) is 0 Å². The zero-order valence-corrected chi connectivity index (χ0v) is 10.3. The van der Waals surface area contributed by atoms with Crippen molar-refractivity contribution in [2.45, 2.75) is 65.5 Å². The van der Waals surface area contributed by atoms with Crippen LogP contribution >= 0.6 is 0 Å². The minimum absolute atomic E-state index is 0.140. The van der Waals surface area contributed by atoms with E-state index in [2.05, 4.69) is 20.8 Å². The molecule has 2 N–H and O–H groups in total. The van der Waals surface area contributed by atoms with E-state index < -0.39 is 0 Å². The van der Waals surface area contributed by atoms with Crippen LogP contribution in [-0.4, -0.2) is 18.8 Å². The fourth-order valence-corrected chi connectivity index (χ4v) is 1.70. The monoisotopic (exact) mass is 201 g/mol. The summed E-state index contributed by atoms with van der Waals surface area (Å²) in [6, 6.07) is 0.140. The van der Waals surface area contributed by atoms with Gasteiger partial charge in [-0.15, -0.1) is 0 Å². The van der Waals surface area contributed by atoms with Crippen LogP contribution in [0, 0.1) is 5.92 Å². The highest BCUT2D eigenvalue weighted by Crippen LogP contribution is 2.11. The average Bonchev–Trinajstić information content (AvgIpc) is 2.09. The van der Waals surface area contributed by atoms with Crippen LogP contribution in [0.2, 0.25) is 0 Å². The summed E-state index contributed by atoms with van der Waals surface area (Å²) in [6.07, 6.45) is 5.26. The van der Waals surface area contributed by atoms with Gasteiger partial charge in [-0.05, 0) is 19.3 Å². The van der Waals surface area contributed by atoms with Gasteiger partial charge in [-0.2, -0.15) is 0 Å². The van der Waals surface area contributed by atoms with Crippen molar-refractivity contribution in [2.75, 3.05) is 6.61 Å². The Morgan fingerprint density at radius 1 is 1.07 bits per heavy atom. The number of hydrogen-bond donors (Lipinski definition) is 1. The lowest BCUT2D eigenvalue weighted by molar-refractivity contribution is 0.00704. The summed E-state index contributed by atoms with van der Waals surface area (Å²) >= 11 is 0. The lowest BCUT2D eigenvalue weighted by Crippen LogP contribution is -2.38. The molecule has 2 unspecified atom stereocenters. The molecule has 0 aliphatic carbocycles. The number of rotatable bonds is 8. The standard InChI is InChI=1S/C12H27NO/c1-5-6-7-8-9-14-12(10(2)3)11(4)13/h10-12H,5-9,13H2,1-4H3.